The average molecular weight is 410 g/mol. The molecule has 0 aliphatic carbocycles. The molecule has 1 unspecified atom stereocenters. The van der Waals surface area contributed by atoms with Gasteiger partial charge < -0.3 is 15.1 Å². The van der Waals surface area contributed by atoms with E-state index in [9.17, 15) is 31.1 Å². The van der Waals surface area contributed by atoms with Gasteiger partial charge in [0, 0.05) is 5.69 Å². The molecule has 1 aromatic carbocycles. The minimum atomic E-state index is -5.02. The number of rotatable bonds is 3. The average Bonchev–Trinajstić information content (AvgIpc) is 3.07. The van der Waals surface area contributed by atoms with Gasteiger partial charge in [0.1, 0.15) is 5.76 Å². The maximum atomic E-state index is 12.8. The Hall–Kier alpha value is -2.56. The monoisotopic (exact) mass is 410 g/mol. The molecule has 0 aliphatic heterocycles. The van der Waals surface area contributed by atoms with E-state index < -0.39 is 46.1 Å². The molecule has 0 saturated carbocycles. The smallest absolute Gasteiger partial charge is 0.416 e. The van der Waals surface area contributed by atoms with Crippen molar-refractivity contribution in [2.24, 2.45) is 0 Å². The molecule has 2 rings (SSSR count). The lowest BCUT2D eigenvalue weighted by atomic mass is 10.1. The van der Waals surface area contributed by atoms with E-state index in [-0.39, 0.29) is 6.07 Å². The maximum absolute atomic E-state index is 12.8. The highest BCUT2D eigenvalue weighted by Gasteiger charge is 2.37. The third-order valence-corrected chi connectivity index (χ3v) is 3.67. The second-order valence-electron chi connectivity index (χ2n) is 5.46. The van der Waals surface area contributed by atoms with E-state index in [2.05, 4.69) is 5.32 Å². The Kier molecular flexibility index (Phi) is 5.83. The minimum absolute atomic E-state index is 0.0365. The van der Waals surface area contributed by atoms with Crippen molar-refractivity contribution in [3.05, 3.63) is 53.5 Å². The first-order valence-electron chi connectivity index (χ1n) is 7.32. The molecule has 1 aromatic heterocycles. The third kappa shape index (κ3) is 5.46. The van der Waals surface area contributed by atoms with Crippen molar-refractivity contribution in [2.75, 3.05) is 5.32 Å². The molecule has 27 heavy (non-hydrogen) atoms. The predicted molar refractivity (Wildman–Crippen MR) is 87.9 cm³/mol. The van der Waals surface area contributed by atoms with E-state index in [1.807, 2.05) is 5.32 Å². The largest absolute Gasteiger partial charge is 0.467 e. The molecular formula is C16H12F6N2O2S. The lowest BCUT2D eigenvalue weighted by Crippen LogP contribution is -2.35. The number of nitrogens with one attached hydrogen (secondary N) is 2. The minimum Gasteiger partial charge on any atom is -0.467 e. The fourth-order valence-corrected chi connectivity index (χ4v) is 2.31. The summed E-state index contributed by atoms with van der Waals surface area (Å²) in [5, 5.41) is 4.52. The first kappa shape index (κ1) is 20.7. The molecule has 2 N–H and O–H groups in total. The topological polar surface area (TPSA) is 54.3 Å². The number of benzene rings is 1. The Balaban J connectivity index is 2.20. The van der Waals surface area contributed by atoms with Gasteiger partial charge in [-0.05, 0) is 37.3 Å². The lowest BCUT2D eigenvalue weighted by molar-refractivity contribution is -0.143. The highest BCUT2D eigenvalue weighted by atomic mass is 32.1. The zero-order chi connectivity index (χ0) is 20.4. The highest BCUT2D eigenvalue weighted by Crippen LogP contribution is 2.37. The van der Waals surface area contributed by atoms with Crippen molar-refractivity contribution in [3.63, 3.8) is 0 Å². The van der Waals surface area contributed by atoms with Gasteiger partial charge in [-0.25, -0.2) is 0 Å². The van der Waals surface area contributed by atoms with Crippen LogP contribution in [-0.2, 0) is 17.1 Å². The molecular weight excluding hydrogens is 398 g/mol. The van der Waals surface area contributed by atoms with Crippen LogP contribution in [0.5, 0.6) is 0 Å². The van der Waals surface area contributed by atoms with E-state index in [1.165, 1.54) is 6.26 Å². The number of hydrogen-bond acceptors (Lipinski definition) is 3. The van der Waals surface area contributed by atoms with Crippen LogP contribution in [-0.4, -0.2) is 10.9 Å². The van der Waals surface area contributed by atoms with E-state index in [1.54, 1.807) is 19.1 Å². The summed E-state index contributed by atoms with van der Waals surface area (Å²) >= 11 is 4.83. The second-order valence-corrected chi connectivity index (χ2v) is 5.87. The van der Waals surface area contributed by atoms with Gasteiger partial charge in [0.25, 0.3) is 5.91 Å². The van der Waals surface area contributed by atoms with E-state index >= 15 is 0 Å². The Morgan fingerprint density at radius 3 is 2.07 bits per heavy atom. The van der Waals surface area contributed by atoms with E-state index in [0.29, 0.717) is 17.9 Å². The quantitative estimate of drug-likeness (QED) is 0.556. The van der Waals surface area contributed by atoms with Crippen molar-refractivity contribution in [2.45, 2.75) is 25.3 Å². The summed E-state index contributed by atoms with van der Waals surface area (Å²) in [7, 11) is 0. The number of alkyl halides is 6. The van der Waals surface area contributed by atoms with Crippen LogP contribution in [0.1, 0.15) is 29.9 Å². The zero-order valence-electron chi connectivity index (χ0n) is 13.5. The normalized spacial score (nSPS) is 13.1. The molecule has 4 nitrogen and oxygen atoms in total. The van der Waals surface area contributed by atoms with Crippen LogP contribution in [0.15, 0.2) is 41.0 Å². The molecule has 0 bridgehead atoms. The van der Waals surface area contributed by atoms with Crippen LogP contribution < -0.4 is 10.6 Å². The fourth-order valence-electron chi connectivity index (χ4n) is 2.09. The Morgan fingerprint density at radius 1 is 1.07 bits per heavy atom. The van der Waals surface area contributed by atoms with Gasteiger partial charge in [-0.15, -0.1) is 0 Å². The van der Waals surface area contributed by atoms with Crippen LogP contribution in [0.25, 0.3) is 0 Å². The molecule has 146 valence electrons. The molecule has 11 heteroatoms. The number of halogens is 6. The van der Waals surface area contributed by atoms with Gasteiger partial charge in [-0.1, -0.05) is 12.2 Å². The van der Waals surface area contributed by atoms with Crippen LogP contribution in [0.4, 0.5) is 32.0 Å². The predicted octanol–water partition coefficient (Wildman–Crippen LogP) is 4.93. The van der Waals surface area contributed by atoms with Crippen molar-refractivity contribution < 1.29 is 35.6 Å². The van der Waals surface area contributed by atoms with E-state index in [0.717, 1.165) is 0 Å². The number of thiocarbonyl (C=S) groups is 1. The summed E-state index contributed by atoms with van der Waals surface area (Å²) < 4.78 is 82.1. The Bertz CT molecular complexity index is 798. The Labute approximate surface area is 154 Å². The summed E-state index contributed by atoms with van der Waals surface area (Å²) in [6.07, 6.45) is -8.65. The molecule has 0 radical (unpaired) electrons. The lowest BCUT2D eigenvalue weighted by Gasteiger charge is -2.16. The standard InChI is InChI=1S/C16H12F6N2O2S/c1-8(12-3-2-4-26-12)23-14(27)13(25)24-11-6-9(15(17,18)19)5-10(7-11)16(20,21)22/h2-8H,1H3,(H,23,27)(H,24,25). The molecule has 0 saturated heterocycles. The SMILES string of the molecule is CC(NC(=S)C(=O)Nc1cc(C(F)(F)F)cc(C(F)(F)F)c1)c1ccco1. The van der Waals surface area contributed by atoms with Gasteiger partial charge in [-0.3, -0.25) is 4.79 Å². The van der Waals surface area contributed by atoms with Crippen molar-refractivity contribution >= 4 is 28.8 Å². The van der Waals surface area contributed by atoms with Crippen LogP contribution in [0, 0.1) is 0 Å². The van der Waals surface area contributed by atoms with Crippen molar-refractivity contribution in [1.82, 2.24) is 5.32 Å². The number of furan rings is 1. The molecule has 0 fully saturated rings. The molecule has 1 heterocycles. The number of carbonyl (C=O) groups is 1. The first-order valence-corrected chi connectivity index (χ1v) is 7.73. The van der Waals surface area contributed by atoms with Crippen molar-refractivity contribution in [3.8, 4) is 0 Å². The van der Waals surface area contributed by atoms with Crippen LogP contribution in [0.3, 0.4) is 0 Å². The first-order chi connectivity index (χ1) is 12.4. The summed E-state index contributed by atoms with van der Waals surface area (Å²) in [6, 6.07) is 3.41. The van der Waals surface area contributed by atoms with Crippen LogP contribution in [0.2, 0.25) is 0 Å². The molecule has 0 spiro atoms. The molecule has 0 aliphatic rings. The van der Waals surface area contributed by atoms with Gasteiger partial charge in [-0.2, -0.15) is 26.3 Å². The zero-order valence-corrected chi connectivity index (χ0v) is 14.4. The molecule has 2 aromatic rings. The highest BCUT2D eigenvalue weighted by molar-refractivity contribution is 7.82. The number of carbonyl (C=O) groups excluding carboxylic acids is 1. The molecule has 1 amide bonds. The summed E-state index contributed by atoms with van der Waals surface area (Å²) in [4.78, 5) is 11.6. The van der Waals surface area contributed by atoms with Crippen LogP contribution >= 0.6 is 12.2 Å². The second kappa shape index (κ2) is 7.59. The van der Waals surface area contributed by atoms with Gasteiger partial charge in [0.05, 0.1) is 23.4 Å². The maximum Gasteiger partial charge on any atom is 0.416 e. The fraction of sp³-hybridized carbons (Fsp3) is 0.250. The Morgan fingerprint density at radius 2 is 1.63 bits per heavy atom. The van der Waals surface area contributed by atoms with Gasteiger partial charge in [0.15, 0.2) is 4.99 Å². The van der Waals surface area contributed by atoms with E-state index in [4.69, 9.17) is 16.6 Å². The summed E-state index contributed by atoms with van der Waals surface area (Å²) in [5.74, 6) is -0.626. The number of hydrogen-bond donors (Lipinski definition) is 2. The van der Waals surface area contributed by atoms with Crippen molar-refractivity contribution in [1.29, 1.82) is 0 Å². The van der Waals surface area contributed by atoms with Gasteiger partial charge >= 0.3 is 12.4 Å². The number of amides is 1. The van der Waals surface area contributed by atoms with Gasteiger partial charge in [0.2, 0.25) is 0 Å². The molecule has 1 atom stereocenters. The summed E-state index contributed by atoms with van der Waals surface area (Å²) in [5.41, 5.74) is -3.78. The number of anilines is 1. The third-order valence-electron chi connectivity index (χ3n) is 3.37. The summed E-state index contributed by atoms with van der Waals surface area (Å²) in [6.45, 7) is 1.60.